The molecule has 0 saturated carbocycles. The summed E-state index contributed by atoms with van der Waals surface area (Å²) < 4.78 is 51.1. The Hall–Kier alpha value is -1.99. The first-order valence-corrected chi connectivity index (χ1v) is 7.27. The van der Waals surface area contributed by atoms with Crippen LogP contribution in [0.4, 0.5) is 28.0 Å². The maximum Gasteiger partial charge on any atom is 0.416 e. The van der Waals surface area contributed by atoms with Gasteiger partial charge in [-0.05, 0) is 42.0 Å². The van der Waals surface area contributed by atoms with E-state index in [0.717, 1.165) is 12.1 Å². The number of urea groups is 1. The molecular formula is C15H10Cl2F4N2O. The predicted molar refractivity (Wildman–Crippen MR) is 83.7 cm³/mol. The highest BCUT2D eigenvalue weighted by Crippen LogP contribution is 2.30. The van der Waals surface area contributed by atoms with Gasteiger partial charge in [0.25, 0.3) is 0 Å². The number of hydrogen-bond donors (Lipinski definition) is 2. The first-order valence-electron chi connectivity index (χ1n) is 6.52. The van der Waals surface area contributed by atoms with E-state index in [4.69, 9.17) is 23.2 Å². The van der Waals surface area contributed by atoms with Crippen molar-refractivity contribution in [2.75, 3.05) is 5.32 Å². The topological polar surface area (TPSA) is 41.1 Å². The number of carbonyl (C=O) groups is 1. The largest absolute Gasteiger partial charge is 0.416 e. The number of alkyl halides is 3. The molecule has 3 nitrogen and oxygen atoms in total. The zero-order chi connectivity index (χ0) is 17.9. The van der Waals surface area contributed by atoms with Crippen LogP contribution in [0.15, 0.2) is 36.4 Å². The lowest BCUT2D eigenvalue weighted by molar-refractivity contribution is -0.137. The Balaban J connectivity index is 2.02. The molecule has 0 bridgehead atoms. The second-order valence-electron chi connectivity index (χ2n) is 4.78. The van der Waals surface area contributed by atoms with Gasteiger partial charge < -0.3 is 10.6 Å². The van der Waals surface area contributed by atoms with E-state index >= 15 is 0 Å². The highest BCUT2D eigenvalue weighted by Gasteiger charge is 2.31. The second kappa shape index (κ2) is 7.27. The van der Waals surface area contributed by atoms with Crippen molar-refractivity contribution in [1.29, 1.82) is 0 Å². The van der Waals surface area contributed by atoms with Gasteiger partial charge in [-0.15, -0.1) is 0 Å². The van der Waals surface area contributed by atoms with E-state index in [0.29, 0.717) is 11.1 Å². The molecule has 0 saturated heterocycles. The van der Waals surface area contributed by atoms with Crippen LogP contribution in [0.1, 0.15) is 11.1 Å². The molecule has 2 aromatic carbocycles. The molecular weight excluding hydrogens is 371 g/mol. The SMILES string of the molecule is O=C(NCc1cc(F)cc(C(F)(F)F)c1)Nc1ccc(Cl)cc1Cl. The number of amides is 2. The Bertz CT molecular complexity index is 766. The Labute approximate surface area is 144 Å². The van der Waals surface area contributed by atoms with E-state index in [1.165, 1.54) is 18.2 Å². The monoisotopic (exact) mass is 380 g/mol. The summed E-state index contributed by atoms with van der Waals surface area (Å²) in [7, 11) is 0. The molecule has 2 N–H and O–H groups in total. The fourth-order valence-corrected chi connectivity index (χ4v) is 2.31. The highest BCUT2D eigenvalue weighted by molar-refractivity contribution is 6.36. The summed E-state index contributed by atoms with van der Waals surface area (Å²) in [5, 5.41) is 5.31. The molecule has 0 aromatic heterocycles. The van der Waals surface area contributed by atoms with Gasteiger partial charge in [0.2, 0.25) is 0 Å². The van der Waals surface area contributed by atoms with Crippen molar-refractivity contribution in [2.24, 2.45) is 0 Å². The Morgan fingerprint density at radius 2 is 1.79 bits per heavy atom. The van der Waals surface area contributed by atoms with Crippen molar-refractivity contribution in [3.05, 3.63) is 63.4 Å². The fraction of sp³-hybridized carbons (Fsp3) is 0.133. The van der Waals surface area contributed by atoms with E-state index in [1.54, 1.807) is 0 Å². The number of benzene rings is 2. The molecule has 0 atom stereocenters. The minimum absolute atomic E-state index is 0.0281. The van der Waals surface area contributed by atoms with Crippen LogP contribution in [0.2, 0.25) is 10.0 Å². The van der Waals surface area contributed by atoms with Gasteiger partial charge in [-0.1, -0.05) is 23.2 Å². The van der Waals surface area contributed by atoms with Gasteiger partial charge in [0.1, 0.15) is 5.82 Å². The van der Waals surface area contributed by atoms with E-state index < -0.39 is 23.6 Å². The quantitative estimate of drug-likeness (QED) is 0.680. The molecule has 9 heteroatoms. The zero-order valence-corrected chi connectivity index (χ0v) is 13.4. The average Bonchev–Trinajstić information content (AvgIpc) is 2.47. The molecule has 128 valence electrons. The van der Waals surface area contributed by atoms with Crippen LogP contribution in [-0.4, -0.2) is 6.03 Å². The van der Waals surface area contributed by atoms with Gasteiger partial charge in [0.05, 0.1) is 16.3 Å². The first kappa shape index (κ1) is 18.4. The van der Waals surface area contributed by atoms with Crippen molar-refractivity contribution in [3.8, 4) is 0 Å². The smallest absolute Gasteiger partial charge is 0.334 e. The molecule has 2 rings (SSSR count). The van der Waals surface area contributed by atoms with E-state index in [2.05, 4.69) is 10.6 Å². The van der Waals surface area contributed by atoms with E-state index in [-0.39, 0.29) is 22.8 Å². The number of hydrogen-bond acceptors (Lipinski definition) is 1. The molecule has 0 radical (unpaired) electrons. The molecule has 0 aliphatic carbocycles. The van der Waals surface area contributed by atoms with Crippen molar-refractivity contribution in [3.63, 3.8) is 0 Å². The molecule has 0 aliphatic rings. The van der Waals surface area contributed by atoms with Crippen molar-refractivity contribution >= 4 is 34.9 Å². The summed E-state index contributed by atoms with van der Waals surface area (Å²) in [5.41, 5.74) is -0.881. The average molecular weight is 381 g/mol. The Morgan fingerprint density at radius 3 is 2.42 bits per heavy atom. The van der Waals surface area contributed by atoms with Crippen molar-refractivity contribution in [1.82, 2.24) is 5.32 Å². The van der Waals surface area contributed by atoms with E-state index in [9.17, 15) is 22.4 Å². The lowest BCUT2D eigenvalue weighted by atomic mass is 10.1. The normalized spacial score (nSPS) is 11.2. The highest BCUT2D eigenvalue weighted by atomic mass is 35.5. The predicted octanol–water partition coefficient (Wildman–Crippen LogP) is 5.47. The van der Waals surface area contributed by atoms with Gasteiger partial charge in [0, 0.05) is 11.6 Å². The van der Waals surface area contributed by atoms with Crippen LogP contribution >= 0.6 is 23.2 Å². The minimum atomic E-state index is -4.67. The maximum atomic E-state index is 13.3. The molecule has 24 heavy (non-hydrogen) atoms. The third-order valence-corrected chi connectivity index (χ3v) is 3.47. The number of rotatable bonds is 3. The van der Waals surface area contributed by atoms with Gasteiger partial charge in [-0.25, -0.2) is 9.18 Å². The van der Waals surface area contributed by atoms with Gasteiger partial charge in [0.15, 0.2) is 0 Å². The van der Waals surface area contributed by atoms with Crippen LogP contribution in [-0.2, 0) is 12.7 Å². The van der Waals surface area contributed by atoms with Crippen LogP contribution in [0.3, 0.4) is 0 Å². The lowest BCUT2D eigenvalue weighted by Crippen LogP contribution is -2.28. The molecule has 0 heterocycles. The van der Waals surface area contributed by atoms with Crippen LogP contribution in [0, 0.1) is 5.82 Å². The van der Waals surface area contributed by atoms with E-state index in [1.807, 2.05) is 0 Å². The number of halogens is 6. The molecule has 2 amide bonds. The van der Waals surface area contributed by atoms with Crippen LogP contribution in [0.25, 0.3) is 0 Å². The molecule has 2 aromatic rings. The van der Waals surface area contributed by atoms with Crippen LogP contribution in [0.5, 0.6) is 0 Å². The summed E-state index contributed by atoms with van der Waals surface area (Å²) in [6.07, 6.45) is -4.67. The first-order chi connectivity index (χ1) is 11.1. The lowest BCUT2D eigenvalue weighted by Gasteiger charge is -2.11. The third-order valence-electron chi connectivity index (χ3n) is 2.92. The number of anilines is 1. The Morgan fingerprint density at radius 1 is 1.08 bits per heavy atom. The second-order valence-corrected chi connectivity index (χ2v) is 5.62. The molecule has 0 fully saturated rings. The summed E-state index contributed by atoms with van der Waals surface area (Å²) in [4.78, 5) is 11.8. The van der Waals surface area contributed by atoms with Crippen molar-refractivity contribution in [2.45, 2.75) is 12.7 Å². The minimum Gasteiger partial charge on any atom is -0.334 e. The number of carbonyl (C=O) groups excluding carboxylic acids is 1. The van der Waals surface area contributed by atoms with Gasteiger partial charge in [-0.3, -0.25) is 0 Å². The summed E-state index contributed by atoms with van der Waals surface area (Å²) >= 11 is 11.6. The molecule has 0 spiro atoms. The summed E-state index contributed by atoms with van der Waals surface area (Å²) in [5.74, 6) is -1.04. The van der Waals surface area contributed by atoms with Gasteiger partial charge >= 0.3 is 12.2 Å². The fourth-order valence-electron chi connectivity index (χ4n) is 1.86. The molecule has 0 aliphatic heterocycles. The van der Waals surface area contributed by atoms with Crippen molar-refractivity contribution < 1.29 is 22.4 Å². The van der Waals surface area contributed by atoms with Crippen LogP contribution < -0.4 is 10.6 Å². The summed E-state index contributed by atoms with van der Waals surface area (Å²) in [6.45, 7) is -0.294. The zero-order valence-electron chi connectivity index (χ0n) is 11.8. The molecule has 0 unspecified atom stereocenters. The Kier molecular flexibility index (Phi) is 5.56. The third kappa shape index (κ3) is 5.01. The number of nitrogens with one attached hydrogen (secondary N) is 2. The standard InChI is InChI=1S/C15H10Cl2F4N2O/c16-10-1-2-13(12(17)6-10)23-14(24)22-7-8-3-9(15(19,20)21)5-11(18)4-8/h1-6H,7H2,(H2,22,23,24). The van der Waals surface area contributed by atoms with Gasteiger partial charge in [-0.2, -0.15) is 13.2 Å². The summed E-state index contributed by atoms with van der Waals surface area (Å²) in [6, 6.07) is 5.73. The maximum absolute atomic E-state index is 13.3.